The molecule has 0 aromatic heterocycles. The fourth-order valence-electron chi connectivity index (χ4n) is 3.43. The Bertz CT molecular complexity index is 1270. The molecule has 1 heterocycles. The smallest absolute Gasteiger partial charge is 0.247 e. The highest BCUT2D eigenvalue weighted by molar-refractivity contribution is 8.16. The number of allylic oxidation sites excluding steroid dienone is 1. The number of carbonyl (C=O) groups is 2. The number of anilines is 2. The zero-order valence-corrected chi connectivity index (χ0v) is 19.9. The van der Waals surface area contributed by atoms with Crippen molar-refractivity contribution >= 4 is 52.4 Å². The van der Waals surface area contributed by atoms with Gasteiger partial charge < -0.3 is 10.4 Å². The Morgan fingerprint density at radius 2 is 1.69 bits per heavy atom. The van der Waals surface area contributed by atoms with E-state index in [-0.39, 0.29) is 24.0 Å². The van der Waals surface area contributed by atoms with E-state index in [4.69, 9.17) is 0 Å². The van der Waals surface area contributed by atoms with E-state index in [0.717, 1.165) is 11.1 Å². The van der Waals surface area contributed by atoms with Crippen LogP contribution in [0.2, 0.25) is 0 Å². The van der Waals surface area contributed by atoms with Crippen LogP contribution in [0.5, 0.6) is 5.75 Å². The summed E-state index contributed by atoms with van der Waals surface area (Å²) in [6.45, 7) is 1.91. The fourth-order valence-corrected chi connectivity index (χ4v) is 4.52. The van der Waals surface area contributed by atoms with Crippen molar-refractivity contribution in [2.75, 3.05) is 10.2 Å². The van der Waals surface area contributed by atoms with E-state index in [2.05, 4.69) is 15.5 Å². The molecule has 0 bridgehead atoms. The molecule has 0 radical (unpaired) electrons. The van der Waals surface area contributed by atoms with Gasteiger partial charge in [-0.25, -0.2) is 0 Å². The van der Waals surface area contributed by atoms with Gasteiger partial charge in [0.15, 0.2) is 5.17 Å². The second-order valence-electron chi connectivity index (χ2n) is 7.84. The van der Waals surface area contributed by atoms with Gasteiger partial charge in [-0.15, -0.1) is 5.10 Å². The standard InChI is InChI=1S/C27H24N4O3S/c1-19(16-20-8-4-2-5-9-20)18-28-30-27-31(22-12-14-23(32)15-13-22)26(34)24(35-27)17-25(33)29-21-10-6-3-7-11-21/h2-16,18,24,32H,17H2,1H3,(H,29,33)/b19-16+,28-18+,30-27+. The van der Waals surface area contributed by atoms with Crippen LogP contribution in [-0.4, -0.2) is 33.6 Å². The predicted molar refractivity (Wildman–Crippen MR) is 143 cm³/mol. The van der Waals surface area contributed by atoms with Crippen molar-refractivity contribution in [2.24, 2.45) is 10.2 Å². The molecule has 8 heteroatoms. The summed E-state index contributed by atoms with van der Waals surface area (Å²) < 4.78 is 0. The maximum atomic E-state index is 13.2. The number of thioether (sulfide) groups is 1. The molecule has 3 aromatic carbocycles. The lowest BCUT2D eigenvalue weighted by Gasteiger charge is -2.15. The molecule has 7 nitrogen and oxygen atoms in total. The van der Waals surface area contributed by atoms with E-state index in [1.807, 2.05) is 61.5 Å². The Hall–Kier alpha value is -4.17. The van der Waals surface area contributed by atoms with Crippen molar-refractivity contribution in [1.29, 1.82) is 0 Å². The molecule has 1 aliphatic rings. The Labute approximate surface area is 207 Å². The summed E-state index contributed by atoms with van der Waals surface area (Å²) in [5.74, 6) is -0.446. The van der Waals surface area contributed by atoms with E-state index < -0.39 is 5.25 Å². The Kier molecular flexibility index (Phi) is 7.74. The van der Waals surface area contributed by atoms with E-state index in [1.165, 1.54) is 28.8 Å². The number of aromatic hydroxyl groups is 1. The predicted octanol–water partition coefficient (Wildman–Crippen LogP) is 5.31. The first-order valence-corrected chi connectivity index (χ1v) is 11.9. The first-order valence-electron chi connectivity index (χ1n) is 11.0. The molecule has 176 valence electrons. The molecule has 1 fully saturated rings. The fraction of sp³-hybridized carbons (Fsp3) is 0.111. The lowest BCUT2D eigenvalue weighted by atomic mass is 10.1. The van der Waals surface area contributed by atoms with Gasteiger partial charge in [0.1, 0.15) is 11.0 Å². The van der Waals surface area contributed by atoms with Crippen LogP contribution in [0, 0.1) is 0 Å². The maximum Gasteiger partial charge on any atom is 0.247 e. The molecule has 1 atom stereocenters. The molecular weight excluding hydrogens is 460 g/mol. The largest absolute Gasteiger partial charge is 0.508 e. The Balaban J connectivity index is 1.53. The van der Waals surface area contributed by atoms with E-state index >= 15 is 0 Å². The van der Waals surface area contributed by atoms with Gasteiger partial charge in [-0.2, -0.15) is 5.10 Å². The van der Waals surface area contributed by atoms with E-state index in [9.17, 15) is 14.7 Å². The summed E-state index contributed by atoms with van der Waals surface area (Å²) in [7, 11) is 0. The highest BCUT2D eigenvalue weighted by Gasteiger charge is 2.40. The maximum absolute atomic E-state index is 13.2. The number of para-hydroxylation sites is 1. The third-order valence-corrected chi connectivity index (χ3v) is 6.20. The van der Waals surface area contributed by atoms with Crippen molar-refractivity contribution in [3.05, 3.63) is 96.1 Å². The van der Waals surface area contributed by atoms with Gasteiger partial charge in [0, 0.05) is 12.1 Å². The van der Waals surface area contributed by atoms with Gasteiger partial charge in [-0.1, -0.05) is 66.4 Å². The summed E-state index contributed by atoms with van der Waals surface area (Å²) in [5, 5.41) is 20.7. The van der Waals surface area contributed by atoms with Crippen LogP contribution in [0.3, 0.4) is 0 Å². The number of nitrogens with one attached hydrogen (secondary N) is 1. The molecule has 0 aliphatic carbocycles. The Morgan fingerprint density at radius 1 is 1.03 bits per heavy atom. The monoisotopic (exact) mass is 484 g/mol. The molecule has 4 rings (SSSR count). The number of phenolic OH excluding ortho intramolecular Hbond substituents is 1. The zero-order valence-electron chi connectivity index (χ0n) is 19.0. The van der Waals surface area contributed by atoms with Crippen molar-refractivity contribution < 1.29 is 14.7 Å². The first kappa shape index (κ1) is 24.0. The number of rotatable bonds is 7. The van der Waals surface area contributed by atoms with Crippen LogP contribution in [0.25, 0.3) is 6.08 Å². The molecular formula is C27H24N4O3S. The number of nitrogens with zero attached hydrogens (tertiary/aromatic N) is 3. The lowest BCUT2D eigenvalue weighted by Crippen LogP contribution is -2.33. The van der Waals surface area contributed by atoms with Crippen molar-refractivity contribution in [3.8, 4) is 5.75 Å². The summed E-state index contributed by atoms with van der Waals surface area (Å²) in [6.07, 6.45) is 3.59. The average molecular weight is 485 g/mol. The van der Waals surface area contributed by atoms with E-state index in [1.54, 1.807) is 30.5 Å². The minimum atomic E-state index is -0.651. The third kappa shape index (κ3) is 6.45. The number of hydrogen-bond acceptors (Lipinski definition) is 6. The number of amidine groups is 1. The topological polar surface area (TPSA) is 94.4 Å². The quantitative estimate of drug-likeness (QED) is 0.351. The minimum absolute atomic E-state index is 0.0113. The highest BCUT2D eigenvalue weighted by Crippen LogP contribution is 2.34. The molecule has 3 aromatic rings. The van der Waals surface area contributed by atoms with Crippen molar-refractivity contribution in [3.63, 3.8) is 0 Å². The summed E-state index contributed by atoms with van der Waals surface area (Å²) >= 11 is 1.19. The first-order chi connectivity index (χ1) is 17.0. The van der Waals surface area contributed by atoms with Gasteiger partial charge in [0.2, 0.25) is 11.8 Å². The normalized spacial score (nSPS) is 17.3. The Morgan fingerprint density at radius 3 is 2.37 bits per heavy atom. The summed E-state index contributed by atoms with van der Waals surface area (Å²) in [6, 6.07) is 25.2. The van der Waals surface area contributed by atoms with Crippen LogP contribution in [-0.2, 0) is 9.59 Å². The molecule has 2 N–H and O–H groups in total. The third-order valence-electron chi connectivity index (χ3n) is 5.07. The molecule has 1 aliphatic heterocycles. The second-order valence-corrected chi connectivity index (χ2v) is 9.01. The number of carbonyl (C=O) groups excluding carboxylic acids is 2. The molecule has 0 spiro atoms. The molecule has 1 unspecified atom stereocenters. The van der Waals surface area contributed by atoms with Crippen LogP contribution in [0.4, 0.5) is 11.4 Å². The molecule has 35 heavy (non-hydrogen) atoms. The molecule has 2 amide bonds. The van der Waals surface area contributed by atoms with Crippen LogP contribution < -0.4 is 10.2 Å². The number of amides is 2. The second kappa shape index (κ2) is 11.3. The van der Waals surface area contributed by atoms with Gasteiger partial charge in [0.25, 0.3) is 0 Å². The average Bonchev–Trinajstić information content (AvgIpc) is 3.15. The SMILES string of the molecule is CC(/C=N/N=C1/SC(CC(=O)Nc2ccccc2)C(=O)N1c1ccc(O)cc1)=C\c1ccccc1. The van der Waals surface area contributed by atoms with Gasteiger partial charge >= 0.3 is 0 Å². The van der Waals surface area contributed by atoms with Crippen LogP contribution >= 0.6 is 11.8 Å². The minimum Gasteiger partial charge on any atom is -0.508 e. The lowest BCUT2D eigenvalue weighted by molar-refractivity contribution is -0.121. The van der Waals surface area contributed by atoms with Crippen molar-refractivity contribution in [1.82, 2.24) is 0 Å². The van der Waals surface area contributed by atoms with E-state index in [0.29, 0.717) is 16.5 Å². The molecule has 0 saturated carbocycles. The summed E-state index contributed by atoms with van der Waals surface area (Å²) in [5.41, 5.74) is 3.15. The van der Waals surface area contributed by atoms with Crippen LogP contribution in [0.15, 0.2) is 101 Å². The number of hydrogen-bond donors (Lipinski definition) is 2. The van der Waals surface area contributed by atoms with Gasteiger partial charge in [0.05, 0.1) is 11.9 Å². The zero-order chi connectivity index (χ0) is 24.6. The van der Waals surface area contributed by atoms with Gasteiger partial charge in [-0.3, -0.25) is 14.5 Å². The van der Waals surface area contributed by atoms with Crippen LogP contribution in [0.1, 0.15) is 18.9 Å². The number of benzene rings is 3. The highest BCUT2D eigenvalue weighted by atomic mass is 32.2. The summed E-state index contributed by atoms with van der Waals surface area (Å²) in [4.78, 5) is 27.3. The number of phenols is 1. The molecule has 1 saturated heterocycles. The van der Waals surface area contributed by atoms with Crippen molar-refractivity contribution in [2.45, 2.75) is 18.6 Å². The van der Waals surface area contributed by atoms with Gasteiger partial charge in [-0.05, 0) is 54.5 Å².